The standard InChI is InChI=1S/C11H24N2O3/c1-4-5-10(9-16-3)13-8-11(14)12-6-7-15-2/h10,13H,4-9H2,1-3H3,(H,12,14). The fraction of sp³-hybridized carbons (Fsp3) is 0.909. The van der Waals surface area contributed by atoms with E-state index < -0.39 is 0 Å². The third-order valence-electron chi connectivity index (χ3n) is 2.18. The van der Waals surface area contributed by atoms with Gasteiger partial charge in [0.25, 0.3) is 0 Å². The van der Waals surface area contributed by atoms with Crippen molar-refractivity contribution in [1.29, 1.82) is 0 Å². The van der Waals surface area contributed by atoms with Crippen LogP contribution in [0.1, 0.15) is 19.8 Å². The van der Waals surface area contributed by atoms with Gasteiger partial charge in [0.1, 0.15) is 0 Å². The average molecular weight is 232 g/mol. The van der Waals surface area contributed by atoms with Crippen LogP contribution in [0.3, 0.4) is 0 Å². The molecule has 0 radical (unpaired) electrons. The highest BCUT2D eigenvalue weighted by atomic mass is 16.5. The number of carbonyl (C=O) groups excluding carboxylic acids is 1. The van der Waals surface area contributed by atoms with Gasteiger partial charge in [-0.25, -0.2) is 0 Å². The van der Waals surface area contributed by atoms with Crippen LogP contribution < -0.4 is 10.6 Å². The lowest BCUT2D eigenvalue weighted by Gasteiger charge is -2.16. The monoisotopic (exact) mass is 232 g/mol. The molecule has 2 N–H and O–H groups in total. The molecule has 1 atom stereocenters. The van der Waals surface area contributed by atoms with Gasteiger partial charge in [-0.05, 0) is 6.42 Å². The van der Waals surface area contributed by atoms with Gasteiger partial charge in [0, 0.05) is 26.8 Å². The van der Waals surface area contributed by atoms with Crippen molar-refractivity contribution in [2.24, 2.45) is 0 Å². The predicted molar refractivity (Wildman–Crippen MR) is 63.5 cm³/mol. The van der Waals surface area contributed by atoms with Crippen LogP contribution in [0.5, 0.6) is 0 Å². The van der Waals surface area contributed by atoms with Crippen molar-refractivity contribution in [3.8, 4) is 0 Å². The largest absolute Gasteiger partial charge is 0.383 e. The number of hydrogen-bond acceptors (Lipinski definition) is 4. The van der Waals surface area contributed by atoms with E-state index in [1.165, 1.54) is 0 Å². The second-order valence-corrected chi connectivity index (χ2v) is 3.66. The maximum atomic E-state index is 11.4. The summed E-state index contributed by atoms with van der Waals surface area (Å²) in [4.78, 5) is 11.4. The van der Waals surface area contributed by atoms with Gasteiger partial charge in [0.15, 0.2) is 0 Å². The Morgan fingerprint density at radius 1 is 1.31 bits per heavy atom. The summed E-state index contributed by atoms with van der Waals surface area (Å²) in [5.74, 6) is -0.00532. The lowest BCUT2D eigenvalue weighted by atomic mass is 10.2. The molecular formula is C11H24N2O3. The average Bonchev–Trinajstić information content (AvgIpc) is 2.27. The second kappa shape index (κ2) is 10.9. The lowest BCUT2D eigenvalue weighted by Crippen LogP contribution is -2.41. The quantitative estimate of drug-likeness (QED) is 0.527. The molecule has 5 heteroatoms. The first-order chi connectivity index (χ1) is 7.74. The number of hydrogen-bond donors (Lipinski definition) is 2. The normalized spacial score (nSPS) is 12.4. The number of nitrogens with one attached hydrogen (secondary N) is 2. The summed E-state index contributed by atoms with van der Waals surface area (Å²) in [6, 6.07) is 0.253. The van der Waals surface area contributed by atoms with E-state index in [1.807, 2.05) is 0 Å². The molecule has 5 nitrogen and oxygen atoms in total. The molecule has 0 saturated heterocycles. The molecule has 0 saturated carbocycles. The first-order valence-electron chi connectivity index (χ1n) is 5.72. The van der Waals surface area contributed by atoms with Gasteiger partial charge in [-0.1, -0.05) is 13.3 Å². The van der Waals surface area contributed by atoms with Crippen LogP contribution in [0.25, 0.3) is 0 Å². The Bertz CT molecular complexity index is 171. The molecule has 0 aliphatic carbocycles. The summed E-state index contributed by atoms with van der Waals surface area (Å²) in [6.45, 7) is 4.18. The first kappa shape index (κ1) is 15.3. The molecule has 0 heterocycles. The summed E-state index contributed by atoms with van der Waals surface area (Å²) >= 11 is 0. The zero-order valence-corrected chi connectivity index (χ0v) is 10.5. The van der Waals surface area contributed by atoms with Crippen LogP contribution in [0.2, 0.25) is 0 Å². The fourth-order valence-corrected chi connectivity index (χ4v) is 1.39. The molecule has 16 heavy (non-hydrogen) atoms. The second-order valence-electron chi connectivity index (χ2n) is 3.66. The van der Waals surface area contributed by atoms with Crippen LogP contribution in [-0.4, -0.2) is 52.5 Å². The number of carbonyl (C=O) groups is 1. The third kappa shape index (κ3) is 8.64. The van der Waals surface area contributed by atoms with E-state index in [-0.39, 0.29) is 11.9 Å². The zero-order valence-electron chi connectivity index (χ0n) is 10.5. The van der Waals surface area contributed by atoms with Gasteiger partial charge >= 0.3 is 0 Å². The Kier molecular flexibility index (Phi) is 10.4. The molecule has 0 rings (SSSR count). The number of rotatable bonds is 10. The fourth-order valence-electron chi connectivity index (χ4n) is 1.39. The topological polar surface area (TPSA) is 59.6 Å². The zero-order chi connectivity index (χ0) is 12.2. The molecule has 0 aliphatic rings. The highest BCUT2D eigenvalue weighted by Gasteiger charge is 2.08. The molecule has 0 aliphatic heterocycles. The van der Waals surface area contributed by atoms with Gasteiger partial charge < -0.3 is 20.1 Å². The van der Waals surface area contributed by atoms with Crippen molar-refractivity contribution in [3.05, 3.63) is 0 Å². The SMILES string of the molecule is CCCC(COC)NCC(=O)NCCOC. The Morgan fingerprint density at radius 3 is 2.62 bits per heavy atom. The molecule has 96 valence electrons. The van der Waals surface area contributed by atoms with Gasteiger partial charge in [-0.15, -0.1) is 0 Å². The van der Waals surface area contributed by atoms with Crippen molar-refractivity contribution in [3.63, 3.8) is 0 Å². The summed E-state index contributed by atoms with van der Waals surface area (Å²) in [6.07, 6.45) is 2.09. The van der Waals surface area contributed by atoms with Gasteiger partial charge in [0.2, 0.25) is 5.91 Å². The summed E-state index contributed by atoms with van der Waals surface area (Å²) in [5, 5.41) is 5.93. The molecular weight excluding hydrogens is 208 g/mol. The maximum Gasteiger partial charge on any atom is 0.234 e. The van der Waals surface area contributed by atoms with Crippen molar-refractivity contribution < 1.29 is 14.3 Å². The van der Waals surface area contributed by atoms with Crippen LogP contribution in [0.15, 0.2) is 0 Å². The molecule has 1 unspecified atom stereocenters. The van der Waals surface area contributed by atoms with Gasteiger partial charge in [-0.3, -0.25) is 4.79 Å². The van der Waals surface area contributed by atoms with E-state index in [0.29, 0.717) is 26.3 Å². The van der Waals surface area contributed by atoms with E-state index in [2.05, 4.69) is 17.6 Å². The molecule has 0 aromatic heterocycles. The van der Waals surface area contributed by atoms with Crippen molar-refractivity contribution in [2.75, 3.05) is 40.5 Å². The number of amides is 1. The van der Waals surface area contributed by atoms with Crippen LogP contribution in [-0.2, 0) is 14.3 Å². The Balaban J connectivity index is 3.60. The minimum atomic E-state index is -0.00532. The van der Waals surface area contributed by atoms with Crippen LogP contribution in [0, 0.1) is 0 Å². The minimum Gasteiger partial charge on any atom is -0.383 e. The van der Waals surface area contributed by atoms with Crippen molar-refractivity contribution in [2.45, 2.75) is 25.8 Å². The summed E-state index contributed by atoms with van der Waals surface area (Å²) in [5.41, 5.74) is 0. The molecule has 0 spiro atoms. The smallest absolute Gasteiger partial charge is 0.234 e. The minimum absolute atomic E-state index is 0.00532. The number of methoxy groups -OCH3 is 2. The van der Waals surface area contributed by atoms with E-state index in [1.54, 1.807) is 14.2 Å². The van der Waals surface area contributed by atoms with Gasteiger partial charge in [-0.2, -0.15) is 0 Å². The Hall–Kier alpha value is -0.650. The third-order valence-corrected chi connectivity index (χ3v) is 2.18. The highest BCUT2D eigenvalue weighted by Crippen LogP contribution is 1.96. The molecule has 1 amide bonds. The molecule has 0 bridgehead atoms. The predicted octanol–water partition coefficient (Wildman–Crippen LogP) is 0.154. The van der Waals surface area contributed by atoms with Crippen LogP contribution in [0.4, 0.5) is 0 Å². The first-order valence-corrected chi connectivity index (χ1v) is 5.72. The van der Waals surface area contributed by atoms with Crippen LogP contribution >= 0.6 is 0 Å². The highest BCUT2D eigenvalue weighted by molar-refractivity contribution is 5.77. The Morgan fingerprint density at radius 2 is 2.06 bits per heavy atom. The van der Waals surface area contributed by atoms with Crippen molar-refractivity contribution >= 4 is 5.91 Å². The van der Waals surface area contributed by atoms with E-state index in [4.69, 9.17) is 9.47 Å². The molecule has 0 aromatic rings. The summed E-state index contributed by atoms with van der Waals surface area (Å²) in [7, 11) is 3.28. The van der Waals surface area contributed by atoms with Crippen molar-refractivity contribution in [1.82, 2.24) is 10.6 Å². The summed E-state index contributed by atoms with van der Waals surface area (Å²) < 4.78 is 9.91. The van der Waals surface area contributed by atoms with E-state index in [0.717, 1.165) is 12.8 Å². The molecule has 0 fully saturated rings. The maximum absolute atomic E-state index is 11.4. The Labute approximate surface area is 97.9 Å². The van der Waals surface area contributed by atoms with E-state index in [9.17, 15) is 4.79 Å². The van der Waals surface area contributed by atoms with E-state index >= 15 is 0 Å². The molecule has 0 aromatic carbocycles. The number of ether oxygens (including phenoxy) is 2. The van der Waals surface area contributed by atoms with Gasteiger partial charge in [0.05, 0.1) is 19.8 Å². The lowest BCUT2D eigenvalue weighted by molar-refractivity contribution is -0.120.